The van der Waals surface area contributed by atoms with Crippen molar-refractivity contribution < 1.29 is 16.3 Å². The zero-order valence-corrected chi connectivity index (χ0v) is 11.9. The molecule has 0 heterocycles. The van der Waals surface area contributed by atoms with Crippen molar-refractivity contribution in [3.05, 3.63) is 34.3 Å². The van der Waals surface area contributed by atoms with Crippen LogP contribution in [0.25, 0.3) is 0 Å². The molecule has 0 N–H and O–H groups in total. The molecule has 1 aromatic rings. The monoisotopic (exact) mass is 282 g/mol. The van der Waals surface area contributed by atoms with E-state index in [1.807, 2.05) is 26.0 Å². The fourth-order valence-electron chi connectivity index (χ4n) is 0.729. The zero-order valence-electron chi connectivity index (χ0n) is 6.62. The number of halogens is 2. The first-order valence-corrected chi connectivity index (χ1v) is 10.4. The van der Waals surface area contributed by atoms with E-state index in [1.165, 1.54) is 16.3 Å². The van der Waals surface area contributed by atoms with E-state index in [2.05, 4.69) is 19.7 Å². The predicted octanol–water partition coefficient (Wildman–Crippen LogP) is 3.60. The van der Waals surface area contributed by atoms with E-state index >= 15 is 0 Å². The van der Waals surface area contributed by atoms with Crippen LogP contribution in [-0.4, -0.2) is 0 Å². The fraction of sp³-hybridized carbons (Fsp3) is 0.250. The summed E-state index contributed by atoms with van der Waals surface area (Å²) in [5.74, 6) is 0. The standard InChI is InChI=1S/C8H8Cl.BrH.Zn/c1-6-4-3-5-7(2)8(6)9;;/h4-5H,1-2H3;1H;/q-1;;+2/p-1. The first kappa shape index (κ1) is 11.6. The van der Waals surface area contributed by atoms with Gasteiger partial charge >= 0.3 is 30.0 Å². The van der Waals surface area contributed by atoms with Gasteiger partial charge in [-0.1, -0.05) is 18.9 Å². The molecule has 0 bridgehead atoms. The Morgan fingerprint density at radius 2 is 1.64 bits per heavy atom. The van der Waals surface area contributed by atoms with Crippen molar-refractivity contribution in [1.82, 2.24) is 0 Å². The van der Waals surface area contributed by atoms with Gasteiger partial charge in [-0.05, 0) is 0 Å². The van der Waals surface area contributed by atoms with Crippen molar-refractivity contribution >= 4 is 25.2 Å². The predicted molar refractivity (Wildman–Crippen MR) is 48.7 cm³/mol. The van der Waals surface area contributed by atoms with Gasteiger partial charge in [0.25, 0.3) is 0 Å². The minimum absolute atomic E-state index is 0.855. The van der Waals surface area contributed by atoms with Crippen molar-refractivity contribution in [2.75, 3.05) is 0 Å². The van der Waals surface area contributed by atoms with Gasteiger partial charge in [-0.2, -0.15) is 18.2 Å². The third-order valence-corrected chi connectivity index (χ3v) is 1.89. The van der Waals surface area contributed by atoms with Crippen molar-refractivity contribution in [2.24, 2.45) is 0 Å². The van der Waals surface area contributed by atoms with Gasteiger partial charge in [0.1, 0.15) is 0 Å². The van der Waals surface area contributed by atoms with Crippen LogP contribution < -0.4 is 0 Å². The molecule has 0 aliphatic carbocycles. The molecule has 0 amide bonds. The average Bonchev–Trinajstić information content (AvgIpc) is 2.04. The molecule has 0 aliphatic rings. The van der Waals surface area contributed by atoms with Gasteiger partial charge in [0, 0.05) is 0 Å². The maximum atomic E-state index is 5.86. The molecule has 1 rings (SSSR count). The minimum atomic E-state index is 0.855. The first-order valence-electron chi connectivity index (χ1n) is 3.11. The Bertz CT molecular complexity index is 205. The van der Waals surface area contributed by atoms with Crippen LogP contribution in [-0.2, 0) is 16.3 Å². The number of hydrogen-bond donors (Lipinski definition) is 0. The Morgan fingerprint density at radius 1 is 1.27 bits per heavy atom. The summed E-state index contributed by atoms with van der Waals surface area (Å²) >= 11 is 10.1. The van der Waals surface area contributed by atoms with Gasteiger partial charge in [0.15, 0.2) is 0 Å². The van der Waals surface area contributed by atoms with Crippen LogP contribution in [0.2, 0.25) is 5.02 Å². The van der Waals surface area contributed by atoms with Crippen LogP contribution in [0.4, 0.5) is 0 Å². The van der Waals surface area contributed by atoms with Crippen LogP contribution in [0.15, 0.2) is 12.1 Å². The quantitative estimate of drug-likeness (QED) is 0.504. The summed E-state index contributed by atoms with van der Waals surface area (Å²) < 4.78 is 0. The molecule has 0 saturated carbocycles. The summed E-state index contributed by atoms with van der Waals surface area (Å²) in [6.07, 6.45) is 0. The summed E-state index contributed by atoms with van der Waals surface area (Å²) in [7, 11) is 0. The van der Waals surface area contributed by atoms with E-state index < -0.39 is 0 Å². The normalized spacial score (nSPS) is 8.55. The van der Waals surface area contributed by atoms with E-state index in [0.717, 1.165) is 16.1 Å². The molecule has 56 valence electrons. The van der Waals surface area contributed by atoms with Gasteiger partial charge in [-0.15, -0.1) is 22.7 Å². The van der Waals surface area contributed by atoms with Crippen molar-refractivity contribution in [2.45, 2.75) is 13.8 Å². The average molecular weight is 285 g/mol. The second-order valence-electron chi connectivity index (χ2n) is 2.14. The van der Waals surface area contributed by atoms with Crippen LogP contribution in [0.5, 0.6) is 0 Å². The second kappa shape index (κ2) is 6.17. The number of benzene rings is 1. The van der Waals surface area contributed by atoms with E-state index in [0.29, 0.717) is 0 Å². The molecular formula is C8H8BrClZn. The molecule has 0 radical (unpaired) electrons. The Kier molecular flexibility index (Phi) is 6.51. The van der Waals surface area contributed by atoms with Crippen LogP contribution in [0, 0.1) is 19.9 Å². The van der Waals surface area contributed by atoms with E-state index in [9.17, 15) is 0 Å². The Balaban J connectivity index is 0.000000461. The molecule has 11 heavy (non-hydrogen) atoms. The van der Waals surface area contributed by atoms with Crippen molar-refractivity contribution in [3.63, 3.8) is 0 Å². The van der Waals surface area contributed by atoms with Crippen LogP contribution >= 0.6 is 25.2 Å². The topological polar surface area (TPSA) is 0 Å². The Morgan fingerprint density at radius 3 is 1.91 bits per heavy atom. The summed E-state index contributed by atoms with van der Waals surface area (Å²) in [6.45, 7) is 3.96. The molecule has 3 heteroatoms. The van der Waals surface area contributed by atoms with Gasteiger partial charge in [-0.25, -0.2) is 0 Å². The molecular weight excluding hydrogens is 277 g/mol. The van der Waals surface area contributed by atoms with Crippen molar-refractivity contribution in [1.29, 1.82) is 0 Å². The van der Waals surface area contributed by atoms with Gasteiger partial charge in [0.2, 0.25) is 0 Å². The molecule has 0 atom stereocenters. The third-order valence-electron chi connectivity index (χ3n) is 1.29. The molecule has 1 aromatic carbocycles. The number of hydrogen-bond acceptors (Lipinski definition) is 0. The summed E-state index contributed by atoms with van der Waals surface area (Å²) in [5.41, 5.74) is 2.19. The molecule has 0 saturated heterocycles. The van der Waals surface area contributed by atoms with E-state index in [1.54, 1.807) is 0 Å². The zero-order chi connectivity index (χ0) is 8.85. The summed E-state index contributed by atoms with van der Waals surface area (Å²) in [6, 6.07) is 6.75. The second-order valence-corrected chi connectivity index (χ2v) is 2.51. The van der Waals surface area contributed by atoms with E-state index in [-0.39, 0.29) is 0 Å². The van der Waals surface area contributed by atoms with E-state index in [4.69, 9.17) is 11.6 Å². The van der Waals surface area contributed by atoms with Crippen LogP contribution in [0.1, 0.15) is 11.1 Å². The Labute approximate surface area is 89.4 Å². The van der Waals surface area contributed by atoms with Gasteiger partial charge in [-0.3, -0.25) is 0 Å². The Hall–Kier alpha value is 0.613. The number of aryl methyl sites for hydroxylation is 2. The third kappa shape index (κ3) is 3.69. The SMILES string of the molecule is Cc1c[c-]cc(C)c1Cl.[Zn+][Br]. The van der Waals surface area contributed by atoms with Crippen molar-refractivity contribution in [3.8, 4) is 0 Å². The van der Waals surface area contributed by atoms with Gasteiger partial charge in [0.05, 0.1) is 0 Å². The maximum absolute atomic E-state index is 5.86. The number of rotatable bonds is 0. The molecule has 0 nitrogen and oxygen atoms in total. The molecule has 0 aliphatic heterocycles. The molecule has 0 unspecified atom stereocenters. The molecule has 0 fully saturated rings. The molecule has 0 spiro atoms. The molecule has 0 aromatic heterocycles. The fourth-order valence-corrected chi connectivity index (χ4v) is 0.839. The van der Waals surface area contributed by atoms with Gasteiger partial charge < -0.3 is 0 Å². The summed E-state index contributed by atoms with van der Waals surface area (Å²) in [5, 5.41) is 0.855. The first-order chi connectivity index (χ1) is 5.22. The summed E-state index contributed by atoms with van der Waals surface area (Å²) in [4.78, 5) is 0. The van der Waals surface area contributed by atoms with Crippen LogP contribution in [0.3, 0.4) is 0 Å².